The van der Waals surface area contributed by atoms with Crippen LogP contribution in [0.4, 0.5) is 13.2 Å². The summed E-state index contributed by atoms with van der Waals surface area (Å²) in [6.45, 7) is 1.44. The Bertz CT molecular complexity index is 1310. The summed E-state index contributed by atoms with van der Waals surface area (Å²) >= 11 is 24.1. The van der Waals surface area contributed by atoms with Gasteiger partial charge >= 0.3 is 6.18 Å². The molecule has 0 aromatic heterocycles. The Balaban J connectivity index is 1.85. The molecule has 1 aliphatic rings. The molecule has 1 unspecified atom stereocenters. The monoisotopic (exact) mass is 604 g/mol. The van der Waals surface area contributed by atoms with E-state index in [1.807, 2.05) is 0 Å². The molecule has 0 saturated heterocycles. The minimum atomic E-state index is -4.88. The summed E-state index contributed by atoms with van der Waals surface area (Å²) in [5.41, 5.74) is -2.51. The number of alkyl halides is 3. The molecular weight excluding hydrogens is 587 g/mol. The molecule has 3 rings (SSSR count). The smallest absolute Gasteiger partial charge is 0.374 e. The Hall–Kier alpha value is -1.72. The topological polar surface area (TPSA) is 76.0 Å². The number of hydrogen-bond donors (Lipinski definition) is 0. The van der Waals surface area contributed by atoms with E-state index in [-0.39, 0.29) is 49.2 Å². The first-order chi connectivity index (χ1) is 16.6. The first-order valence-corrected chi connectivity index (χ1v) is 13.6. The highest BCUT2D eigenvalue weighted by atomic mass is 35.5. The van der Waals surface area contributed by atoms with Crippen LogP contribution in [0.25, 0.3) is 0 Å². The van der Waals surface area contributed by atoms with Crippen molar-refractivity contribution in [1.82, 2.24) is 4.90 Å². The standard InChI is InChI=1S/C22H19Cl4F3N2O4S/c1-3-36(33,34)11-19(32)31(2)10-13-5-4-12(6-15(13)23)18-9-21(35-30-18,22(27,28)29)14-7-16(24)20(26)17(25)8-14/h4-8H,3,9-11H2,1-2H3. The van der Waals surface area contributed by atoms with E-state index in [1.165, 1.54) is 37.1 Å². The highest BCUT2D eigenvalue weighted by Gasteiger charge is 2.62. The van der Waals surface area contributed by atoms with Crippen LogP contribution in [0.3, 0.4) is 0 Å². The summed E-state index contributed by atoms with van der Waals surface area (Å²) in [4.78, 5) is 18.4. The molecule has 2 aromatic carbocycles. The van der Waals surface area contributed by atoms with Gasteiger partial charge in [0.25, 0.3) is 5.60 Å². The van der Waals surface area contributed by atoms with Crippen molar-refractivity contribution in [1.29, 1.82) is 0 Å². The summed E-state index contributed by atoms with van der Waals surface area (Å²) < 4.78 is 66.1. The molecule has 1 atom stereocenters. The van der Waals surface area contributed by atoms with Crippen LogP contribution in [0, 0.1) is 0 Å². The molecule has 1 aliphatic heterocycles. The van der Waals surface area contributed by atoms with Crippen molar-refractivity contribution in [2.75, 3.05) is 18.6 Å². The molecule has 0 N–H and O–H groups in total. The summed E-state index contributed by atoms with van der Waals surface area (Å²) in [5.74, 6) is -1.41. The van der Waals surface area contributed by atoms with Gasteiger partial charge in [-0.3, -0.25) is 4.79 Å². The molecule has 0 radical (unpaired) electrons. The number of sulfone groups is 1. The van der Waals surface area contributed by atoms with Crippen LogP contribution in [0.5, 0.6) is 0 Å². The van der Waals surface area contributed by atoms with E-state index in [0.29, 0.717) is 5.56 Å². The zero-order valence-corrected chi connectivity index (χ0v) is 22.6. The van der Waals surface area contributed by atoms with Gasteiger partial charge in [0.15, 0.2) is 9.84 Å². The highest BCUT2D eigenvalue weighted by Crippen LogP contribution is 2.50. The lowest BCUT2D eigenvalue weighted by molar-refractivity contribution is -0.275. The fraction of sp³-hybridized carbons (Fsp3) is 0.364. The number of halogens is 7. The number of benzene rings is 2. The third-order valence-corrected chi connectivity index (χ3v) is 8.75. The van der Waals surface area contributed by atoms with Gasteiger partial charge in [0, 0.05) is 41.9 Å². The van der Waals surface area contributed by atoms with Crippen molar-refractivity contribution in [3.8, 4) is 0 Å². The summed E-state index contributed by atoms with van der Waals surface area (Å²) in [7, 11) is -2.08. The molecule has 1 amide bonds. The normalized spacial score (nSPS) is 18.1. The quantitative estimate of drug-likeness (QED) is 0.348. The third-order valence-electron chi connectivity index (χ3n) is 5.64. The Morgan fingerprint density at radius 1 is 1.11 bits per heavy atom. The number of hydrogen-bond acceptors (Lipinski definition) is 5. The van der Waals surface area contributed by atoms with Crippen molar-refractivity contribution in [3.05, 3.63) is 67.1 Å². The van der Waals surface area contributed by atoms with Gasteiger partial charge in [0.2, 0.25) is 5.91 Å². The van der Waals surface area contributed by atoms with Crippen molar-refractivity contribution >= 4 is 67.9 Å². The highest BCUT2D eigenvalue weighted by molar-refractivity contribution is 7.92. The van der Waals surface area contributed by atoms with Gasteiger partial charge < -0.3 is 9.74 Å². The van der Waals surface area contributed by atoms with Gasteiger partial charge in [-0.05, 0) is 23.8 Å². The van der Waals surface area contributed by atoms with E-state index in [1.54, 1.807) is 0 Å². The number of oxime groups is 1. The second kappa shape index (κ2) is 10.6. The first kappa shape index (κ1) is 28.8. The van der Waals surface area contributed by atoms with Crippen molar-refractivity contribution < 1.29 is 31.2 Å². The molecule has 14 heteroatoms. The Labute approximate surface area is 225 Å². The van der Waals surface area contributed by atoms with E-state index < -0.39 is 39.7 Å². The van der Waals surface area contributed by atoms with E-state index in [0.717, 1.165) is 12.1 Å². The summed E-state index contributed by atoms with van der Waals surface area (Å²) in [6, 6.07) is 6.46. The van der Waals surface area contributed by atoms with Crippen LogP contribution in [-0.2, 0) is 31.6 Å². The van der Waals surface area contributed by atoms with Gasteiger partial charge in [-0.25, -0.2) is 8.42 Å². The van der Waals surface area contributed by atoms with Crippen LogP contribution in [-0.4, -0.2) is 49.7 Å². The number of carbonyl (C=O) groups is 1. The SMILES string of the molecule is CCS(=O)(=O)CC(=O)N(C)Cc1ccc(C2=NOC(c3cc(Cl)c(Cl)c(Cl)c3)(C(F)(F)F)C2)cc1Cl. The average Bonchev–Trinajstić information content (AvgIpc) is 3.25. The van der Waals surface area contributed by atoms with Crippen LogP contribution < -0.4 is 0 Å². The zero-order valence-electron chi connectivity index (χ0n) is 18.8. The molecule has 6 nitrogen and oxygen atoms in total. The largest absolute Gasteiger partial charge is 0.435 e. The van der Waals surface area contributed by atoms with Gasteiger partial charge in [0.1, 0.15) is 5.75 Å². The Morgan fingerprint density at radius 2 is 1.72 bits per heavy atom. The lowest BCUT2D eigenvalue weighted by atomic mass is 9.86. The van der Waals surface area contributed by atoms with E-state index in [9.17, 15) is 26.4 Å². The van der Waals surface area contributed by atoms with Crippen LogP contribution in [0.1, 0.15) is 30.0 Å². The average molecular weight is 606 g/mol. The third kappa shape index (κ3) is 5.88. The first-order valence-electron chi connectivity index (χ1n) is 10.3. The lowest BCUT2D eigenvalue weighted by Crippen LogP contribution is -2.42. The van der Waals surface area contributed by atoms with Gasteiger partial charge in [-0.15, -0.1) is 0 Å². The van der Waals surface area contributed by atoms with Crippen LogP contribution in [0.2, 0.25) is 20.1 Å². The van der Waals surface area contributed by atoms with E-state index >= 15 is 0 Å². The minimum Gasteiger partial charge on any atom is -0.374 e. The van der Waals surface area contributed by atoms with Gasteiger partial charge in [-0.2, -0.15) is 13.2 Å². The lowest BCUT2D eigenvalue weighted by Gasteiger charge is -2.30. The molecule has 0 spiro atoms. The van der Waals surface area contributed by atoms with Crippen LogP contribution >= 0.6 is 46.4 Å². The van der Waals surface area contributed by atoms with Crippen molar-refractivity contribution in [3.63, 3.8) is 0 Å². The van der Waals surface area contributed by atoms with Crippen molar-refractivity contribution in [2.45, 2.75) is 31.7 Å². The molecule has 0 fully saturated rings. The second-order valence-electron chi connectivity index (χ2n) is 8.12. The molecule has 0 aliphatic carbocycles. The summed E-state index contributed by atoms with van der Waals surface area (Å²) in [6.07, 6.45) is -5.57. The fourth-order valence-electron chi connectivity index (χ4n) is 3.45. The molecule has 36 heavy (non-hydrogen) atoms. The number of amides is 1. The maximum absolute atomic E-state index is 14.2. The minimum absolute atomic E-state index is 0.00554. The number of nitrogens with zero attached hydrogens (tertiary/aromatic N) is 2. The fourth-order valence-corrected chi connectivity index (χ4v) is 5.08. The maximum atomic E-state index is 14.2. The molecule has 0 saturated carbocycles. The molecular formula is C22H19Cl4F3N2O4S. The number of carbonyl (C=O) groups excluding carboxylic acids is 1. The predicted octanol–water partition coefficient (Wildman–Crippen LogP) is 6.28. The number of rotatable bonds is 7. The van der Waals surface area contributed by atoms with Crippen LogP contribution in [0.15, 0.2) is 35.5 Å². The molecule has 0 bridgehead atoms. The Kier molecular flexibility index (Phi) is 8.47. The predicted molar refractivity (Wildman–Crippen MR) is 134 cm³/mol. The summed E-state index contributed by atoms with van der Waals surface area (Å²) in [5, 5.41) is 3.41. The maximum Gasteiger partial charge on any atom is 0.435 e. The zero-order chi connectivity index (χ0) is 27.1. The van der Waals surface area contributed by atoms with E-state index in [2.05, 4.69) is 5.16 Å². The van der Waals surface area contributed by atoms with Gasteiger partial charge in [0.05, 0.1) is 20.8 Å². The molecule has 196 valence electrons. The second-order valence-corrected chi connectivity index (χ2v) is 12.1. The Morgan fingerprint density at radius 3 is 2.25 bits per heavy atom. The molecule has 2 aromatic rings. The van der Waals surface area contributed by atoms with Gasteiger partial charge in [-0.1, -0.05) is 70.6 Å². The van der Waals surface area contributed by atoms with E-state index in [4.69, 9.17) is 51.2 Å². The van der Waals surface area contributed by atoms with Crippen molar-refractivity contribution in [2.24, 2.45) is 5.16 Å². The molecule has 1 heterocycles.